The van der Waals surface area contributed by atoms with Crippen molar-refractivity contribution < 1.29 is 13.6 Å². The van der Waals surface area contributed by atoms with Gasteiger partial charge in [0.15, 0.2) is 0 Å². The van der Waals surface area contributed by atoms with E-state index in [1.807, 2.05) is 0 Å². The first-order valence-corrected chi connectivity index (χ1v) is 8.78. The lowest BCUT2D eigenvalue weighted by Gasteiger charge is -2.20. The number of piperidine rings is 1. The quantitative estimate of drug-likeness (QED) is 0.890. The fourth-order valence-corrected chi connectivity index (χ4v) is 4.13. The van der Waals surface area contributed by atoms with E-state index in [9.17, 15) is 8.78 Å². The molecule has 3 heterocycles. The van der Waals surface area contributed by atoms with Crippen molar-refractivity contribution >= 4 is 17.0 Å². The lowest BCUT2D eigenvalue weighted by Crippen LogP contribution is -2.26. The van der Waals surface area contributed by atoms with Gasteiger partial charge in [0.1, 0.15) is 17.7 Å². The molecule has 0 aliphatic carbocycles. The van der Waals surface area contributed by atoms with Crippen LogP contribution in [0.4, 0.5) is 8.78 Å². The number of hydrogen-bond acceptors (Lipinski definition) is 5. The molecular formula is C17H17F2N3OS. The van der Waals surface area contributed by atoms with Crippen LogP contribution in [0.2, 0.25) is 0 Å². The average molecular weight is 349 g/mol. The summed E-state index contributed by atoms with van der Waals surface area (Å²) in [7, 11) is 0. The Morgan fingerprint density at radius 1 is 1.17 bits per heavy atom. The Bertz CT molecular complexity index is 751. The van der Waals surface area contributed by atoms with Gasteiger partial charge in [0, 0.05) is 12.1 Å². The van der Waals surface area contributed by atoms with Crippen LogP contribution in [0.3, 0.4) is 0 Å². The van der Waals surface area contributed by atoms with Crippen LogP contribution in [0, 0.1) is 11.6 Å². The van der Waals surface area contributed by atoms with Crippen LogP contribution >= 0.6 is 11.3 Å². The molecule has 0 bridgehead atoms. The minimum Gasteiger partial charge on any atom is -0.317 e. The summed E-state index contributed by atoms with van der Waals surface area (Å²) in [5, 5.41) is 4.45. The zero-order chi connectivity index (χ0) is 16.5. The molecule has 1 saturated heterocycles. The van der Waals surface area contributed by atoms with Gasteiger partial charge in [0.05, 0.1) is 21.1 Å². The van der Waals surface area contributed by atoms with E-state index < -0.39 is 17.7 Å². The van der Waals surface area contributed by atoms with E-state index in [0.717, 1.165) is 35.8 Å². The molecule has 2 aliphatic heterocycles. The Balaban J connectivity index is 1.56. The van der Waals surface area contributed by atoms with Crippen LogP contribution in [-0.2, 0) is 4.84 Å². The molecule has 24 heavy (non-hydrogen) atoms. The molecule has 7 heteroatoms. The van der Waals surface area contributed by atoms with Gasteiger partial charge in [-0.25, -0.2) is 13.8 Å². The maximum atomic E-state index is 13.9. The Hall–Kier alpha value is -1.83. The molecule has 0 saturated carbocycles. The standard InChI is InChI=1S/C17H17F2N3OS/c18-11-2-1-3-12(19)16(11)14-8-13(22-23-14)15-9-21-17(24-15)10-4-6-20-7-5-10/h1-3,8-10,14,20,22H,4-7H2. The largest absolute Gasteiger partial charge is 0.317 e. The van der Waals surface area contributed by atoms with Crippen molar-refractivity contribution in [2.75, 3.05) is 13.1 Å². The first kappa shape index (κ1) is 15.7. The number of thiazole rings is 1. The van der Waals surface area contributed by atoms with E-state index in [-0.39, 0.29) is 5.56 Å². The van der Waals surface area contributed by atoms with Gasteiger partial charge in [-0.15, -0.1) is 11.3 Å². The van der Waals surface area contributed by atoms with Gasteiger partial charge in [0.2, 0.25) is 0 Å². The second-order valence-electron chi connectivity index (χ2n) is 5.94. The topological polar surface area (TPSA) is 46.2 Å². The summed E-state index contributed by atoms with van der Waals surface area (Å²) < 4.78 is 27.8. The average Bonchev–Trinajstić information content (AvgIpc) is 3.25. The number of hydrogen-bond donors (Lipinski definition) is 2. The molecule has 126 valence electrons. The number of benzene rings is 1. The zero-order valence-corrected chi connectivity index (χ0v) is 13.7. The summed E-state index contributed by atoms with van der Waals surface area (Å²) in [6, 6.07) is 3.81. The number of nitrogens with one attached hydrogen (secondary N) is 2. The molecule has 0 radical (unpaired) electrons. The summed E-state index contributed by atoms with van der Waals surface area (Å²) in [5.74, 6) is -0.745. The molecule has 1 unspecified atom stereocenters. The van der Waals surface area contributed by atoms with Crippen LogP contribution in [0.15, 0.2) is 30.5 Å². The van der Waals surface area contributed by atoms with Crippen molar-refractivity contribution in [1.82, 2.24) is 15.8 Å². The van der Waals surface area contributed by atoms with Crippen molar-refractivity contribution in [2.24, 2.45) is 0 Å². The smallest absolute Gasteiger partial charge is 0.137 e. The monoisotopic (exact) mass is 349 g/mol. The van der Waals surface area contributed by atoms with Gasteiger partial charge in [0.25, 0.3) is 0 Å². The van der Waals surface area contributed by atoms with Gasteiger partial charge in [-0.1, -0.05) is 6.07 Å². The van der Waals surface area contributed by atoms with Gasteiger partial charge >= 0.3 is 0 Å². The SMILES string of the molecule is Fc1cccc(F)c1C1C=C(c2cnc(C3CCNCC3)s2)NO1. The molecule has 4 nitrogen and oxygen atoms in total. The van der Waals surface area contributed by atoms with E-state index in [0.29, 0.717) is 11.6 Å². The van der Waals surface area contributed by atoms with Crippen molar-refractivity contribution in [3.05, 3.63) is 57.6 Å². The highest BCUT2D eigenvalue weighted by Crippen LogP contribution is 2.35. The maximum absolute atomic E-state index is 13.9. The van der Waals surface area contributed by atoms with Crippen LogP contribution in [0.25, 0.3) is 5.70 Å². The predicted molar refractivity (Wildman–Crippen MR) is 88.3 cm³/mol. The Kier molecular flexibility index (Phi) is 4.30. The highest BCUT2D eigenvalue weighted by molar-refractivity contribution is 7.12. The molecule has 1 fully saturated rings. The molecule has 1 aromatic heterocycles. The maximum Gasteiger partial charge on any atom is 0.137 e. The molecule has 2 N–H and O–H groups in total. The van der Waals surface area contributed by atoms with Gasteiger partial charge in [-0.3, -0.25) is 10.3 Å². The molecule has 0 amide bonds. The van der Waals surface area contributed by atoms with E-state index in [4.69, 9.17) is 4.84 Å². The molecule has 1 atom stereocenters. The summed E-state index contributed by atoms with van der Waals surface area (Å²) in [6.45, 7) is 2.02. The number of aromatic nitrogens is 1. The minimum absolute atomic E-state index is 0.0805. The molecule has 1 aromatic carbocycles. The molecular weight excluding hydrogens is 332 g/mol. The highest BCUT2D eigenvalue weighted by Gasteiger charge is 2.27. The number of nitrogens with zero attached hydrogens (tertiary/aromatic N) is 1. The van der Waals surface area contributed by atoms with Crippen molar-refractivity contribution in [1.29, 1.82) is 0 Å². The summed E-state index contributed by atoms with van der Waals surface area (Å²) in [4.78, 5) is 10.8. The van der Waals surface area contributed by atoms with Gasteiger partial charge in [-0.05, 0) is 44.1 Å². The van der Waals surface area contributed by atoms with Gasteiger partial charge in [-0.2, -0.15) is 0 Å². The fourth-order valence-electron chi connectivity index (χ4n) is 3.07. The molecule has 0 spiro atoms. The zero-order valence-electron chi connectivity index (χ0n) is 12.9. The Morgan fingerprint density at radius 3 is 2.67 bits per heavy atom. The van der Waals surface area contributed by atoms with Crippen molar-refractivity contribution in [3.8, 4) is 0 Å². The fraction of sp³-hybridized carbons (Fsp3) is 0.353. The first-order valence-electron chi connectivity index (χ1n) is 7.96. The van der Waals surface area contributed by atoms with Crippen LogP contribution in [-0.4, -0.2) is 18.1 Å². The van der Waals surface area contributed by atoms with Crippen molar-refractivity contribution in [3.63, 3.8) is 0 Å². The lowest BCUT2D eigenvalue weighted by molar-refractivity contribution is 0.0470. The normalized spacial score (nSPS) is 21.6. The van der Waals surface area contributed by atoms with E-state index in [1.54, 1.807) is 23.6 Å². The summed E-state index contributed by atoms with van der Waals surface area (Å²) >= 11 is 1.61. The second-order valence-corrected chi connectivity index (χ2v) is 7.01. The van der Waals surface area contributed by atoms with E-state index >= 15 is 0 Å². The Morgan fingerprint density at radius 2 is 1.92 bits per heavy atom. The van der Waals surface area contributed by atoms with Crippen molar-refractivity contribution in [2.45, 2.75) is 24.9 Å². The van der Waals surface area contributed by atoms with Gasteiger partial charge < -0.3 is 5.32 Å². The lowest BCUT2D eigenvalue weighted by atomic mass is 9.99. The van der Waals surface area contributed by atoms with Crippen LogP contribution in [0.1, 0.15) is 40.3 Å². The third-order valence-corrected chi connectivity index (χ3v) is 5.57. The molecule has 4 rings (SSSR count). The van der Waals surface area contributed by atoms with Crippen LogP contribution in [0.5, 0.6) is 0 Å². The first-order chi connectivity index (χ1) is 11.7. The Labute approximate surface area is 142 Å². The van der Waals surface area contributed by atoms with E-state index in [1.165, 1.54) is 18.2 Å². The molecule has 2 aromatic rings. The minimum atomic E-state index is -0.786. The second kappa shape index (κ2) is 6.58. The molecule has 2 aliphatic rings. The summed E-state index contributed by atoms with van der Waals surface area (Å²) in [5.41, 5.74) is 3.41. The highest BCUT2D eigenvalue weighted by atomic mass is 32.1. The van der Waals surface area contributed by atoms with Crippen LogP contribution < -0.4 is 10.8 Å². The predicted octanol–water partition coefficient (Wildman–Crippen LogP) is 3.51. The third kappa shape index (κ3) is 2.94. The third-order valence-electron chi connectivity index (χ3n) is 4.38. The summed E-state index contributed by atoms with van der Waals surface area (Å²) in [6.07, 6.45) is 4.87. The number of halogens is 2. The number of hydroxylamine groups is 1. The van der Waals surface area contributed by atoms with E-state index in [2.05, 4.69) is 15.8 Å². The number of rotatable bonds is 3.